The van der Waals surface area contributed by atoms with Gasteiger partial charge in [0.1, 0.15) is 0 Å². The van der Waals surface area contributed by atoms with Crippen molar-refractivity contribution in [1.29, 1.82) is 0 Å². The van der Waals surface area contributed by atoms with Gasteiger partial charge in [-0.05, 0) is 47.8 Å². The monoisotopic (exact) mass is 307 g/mol. The lowest BCUT2D eigenvalue weighted by atomic mass is 9.85. The van der Waals surface area contributed by atoms with Crippen LogP contribution in [0.2, 0.25) is 0 Å². The number of nitrogens with two attached hydrogens (primary N) is 1. The van der Waals surface area contributed by atoms with Gasteiger partial charge in [-0.3, -0.25) is 5.43 Å². The Kier molecular flexibility index (Phi) is 4.30. The molecular weight excluding hydrogens is 290 g/mol. The maximum Gasteiger partial charge on any atom is 0.184 e. The van der Waals surface area contributed by atoms with Crippen LogP contribution < -0.4 is 11.2 Å². The van der Waals surface area contributed by atoms with E-state index in [2.05, 4.69) is 46.9 Å². The number of allylic oxidation sites excluding steroid dienone is 1. The highest BCUT2D eigenvalue weighted by Gasteiger charge is 2.19. The molecule has 0 unspecified atom stereocenters. The molecule has 110 valence electrons. The zero-order valence-electron chi connectivity index (χ0n) is 12.1. The second-order valence-corrected chi connectivity index (χ2v) is 5.61. The van der Waals surface area contributed by atoms with Gasteiger partial charge in [0.25, 0.3) is 0 Å². The van der Waals surface area contributed by atoms with Gasteiger partial charge in [0, 0.05) is 5.56 Å². The normalized spacial score (nSPS) is 17.3. The minimum atomic E-state index is 0.176. The molecule has 0 bridgehead atoms. The Morgan fingerprint density at radius 2 is 1.77 bits per heavy atom. The Morgan fingerprint density at radius 1 is 1.05 bits per heavy atom. The van der Waals surface area contributed by atoms with Crippen LogP contribution in [0.15, 0.2) is 65.3 Å². The van der Waals surface area contributed by atoms with E-state index in [0.717, 1.165) is 24.1 Å². The summed E-state index contributed by atoms with van der Waals surface area (Å²) in [7, 11) is 0. The molecule has 22 heavy (non-hydrogen) atoms. The van der Waals surface area contributed by atoms with Gasteiger partial charge in [-0.15, -0.1) is 0 Å². The van der Waals surface area contributed by atoms with Crippen molar-refractivity contribution < 1.29 is 0 Å². The predicted octanol–water partition coefficient (Wildman–Crippen LogP) is 3.25. The van der Waals surface area contributed by atoms with Crippen molar-refractivity contribution in [3.8, 4) is 0 Å². The van der Waals surface area contributed by atoms with Crippen molar-refractivity contribution in [3.63, 3.8) is 0 Å². The SMILES string of the molecule is NC(=S)N/N=C1\C(=C\c2ccccc2)CCc2ccccc21. The van der Waals surface area contributed by atoms with Crippen LogP contribution >= 0.6 is 12.2 Å². The number of hydrogen-bond donors (Lipinski definition) is 2. The summed E-state index contributed by atoms with van der Waals surface area (Å²) >= 11 is 4.87. The van der Waals surface area contributed by atoms with E-state index in [1.165, 1.54) is 16.7 Å². The third kappa shape index (κ3) is 3.23. The van der Waals surface area contributed by atoms with Crippen LogP contribution in [0, 0.1) is 0 Å². The van der Waals surface area contributed by atoms with Gasteiger partial charge < -0.3 is 5.73 Å². The quantitative estimate of drug-likeness (QED) is 0.661. The number of thiocarbonyl (C=S) groups is 1. The zero-order valence-corrected chi connectivity index (χ0v) is 12.9. The van der Waals surface area contributed by atoms with Crippen molar-refractivity contribution in [2.24, 2.45) is 10.8 Å². The number of nitrogens with one attached hydrogen (secondary N) is 1. The summed E-state index contributed by atoms with van der Waals surface area (Å²) in [5, 5.41) is 4.61. The topological polar surface area (TPSA) is 50.4 Å². The van der Waals surface area contributed by atoms with Crippen LogP contribution in [0.5, 0.6) is 0 Å². The molecule has 3 rings (SSSR count). The summed E-state index contributed by atoms with van der Waals surface area (Å²) in [5.41, 5.74) is 14.0. The third-order valence-electron chi connectivity index (χ3n) is 3.66. The molecule has 2 aromatic carbocycles. The van der Waals surface area contributed by atoms with Crippen molar-refractivity contribution >= 4 is 29.1 Å². The fraction of sp³-hybridized carbons (Fsp3) is 0.111. The van der Waals surface area contributed by atoms with Gasteiger partial charge in [0.2, 0.25) is 0 Å². The van der Waals surface area contributed by atoms with Crippen LogP contribution in [0.25, 0.3) is 6.08 Å². The number of rotatable bonds is 2. The molecule has 4 heteroatoms. The molecule has 0 saturated heterocycles. The summed E-state index contributed by atoms with van der Waals surface area (Å²) in [6.07, 6.45) is 4.14. The molecule has 0 atom stereocenters. The lowest BCUT2D eigenvalue weighted by Crippen LogP contribution is -2.27. The Balaban J connectivity index is 2.05. The molecule has 0 aliphatic heterocycles. The molecule has 1 aliphatic carbocycles. The van der Waals surface area contributed by atoms with Gasteiger partial charge in [0.15, 0.2) is 5.11 Å². The average molecular weight is 307 g/mol. The molecule has 0 aromatic heterocycles. The van der Waals surface area contributed by atoms with E-state index in [-0.39, 0.29) is 5.11 Å². The molecule has 0 saturated carbocycles. The smallest absolute Gasteiger partial charge is 0.184 e. The first-order valence-corrected chi connectivity index (χ1v) is 7.62. The van der Waals surface area contributed by atoms with Gasteiger partial charge >= 0.3 is 0 Å². The molecule has 0 amide bonds. The highest BCUT2D eigenvalue weighted by molar-refractivity contribution is 7.80. The molecule has 1 aliphatic rings. The first-order chi connectivity index (χ1) is 10.7. The molecule has 2 aromatic rings. The van der Waals surface area contributed by atoms with Crippen molar-refractivity contribution in [2.75, 3.05) is 0 Å². The molecule has 0 fully saturated rings. The van der Waals surface area contributed by atoms with Crippen molar-refractivity contribution in [3.05, 3.63) is 76.9 Å². The van der Waals surface area contributed by atoms with Crippen LogP contribution in [0.4, 0.5) is 0 Å². The Morgan fingerprint density at radius 3 is 2.55 bits per heavy atom. The fourth-order valence-corrected chi connectivity index (χ4v) is 2.71. The largest absolute Gasteiger partial charge is 0.375 e. The van der Waals surface area contributed by atoms with Crippen LogP contribution in [0.3, 0.4) is 0 Å². The van der Waals surface area contributed by atoms with E-state index in [1.54, 1.807) is 0 Å². The first kappa shape index (κ1) is 14.5. The maximum atomic E-state index is 5.52. The second-order valence-electron chi connectivity index (χ2n) is 5.17. The summed E-state index contributed by atoms with van der Waals surface area (Å²) in [6.45, 7) is 0. The van der Waals surface area contributed by atoms with Gasteiger partial charge in [-0.2, -0.15) is 5.10 Å². The van der Waals surface area contributed by atoms with E-state index in [4.69, 9.17) is 18.0 Å². The van der Waals surface area contributed by atoms with Crippen molar-refractivity contribution in [2.45, 2.75) is 12.8 Å². The number of benzene rings is 2. The average Bonchev–Trinajstić information content (AvgIpc) is 2.54. The van der Waals surface area contributed by atoms with E-state index < -0.39 is 0 Å². The van der Waals surface area contributed by atoms with Crippen molar-refractivity contribution in [1.82, 2.24) is 5.43 Å². The summed E-state index contributed by atoms with van der Waals surface area (Å²) in [6, 6.07) is 18.6. The third-order valence-corrected chi connectivity index (χ3v) is 3.75. The Hall–Kier alpha value is -2.46. The summed E-state index contributed by atoms with van der Waals surface area (Å²) < 4.78 is 0. The highest BCUT2D eigenvalue weighted by Crippen LogP contribution is 2.27. The second kappa shape index (κ2) is 6.54. The van der Waals surface area contributed by atoms with Gasteiger partial charge in [0.05, 0.1) is 5.71 Å². The number of nitrogens with zero attached hydrogens (tertiary/aromatic N) is 1. The fourth-order valence-electron chi connectivity index (χ4n) is 2.66. The first-order valence-electron chi connectivity index (χ1n) is 7.21. The van der Waals surface area contributed by atoms with Crippen LogP contribution in [0.1, 0.15) is 23.1 Å². The van der Waals surface area contributed by atoms with E-state index >= 15 is 0 Å². The Labute approximate surface area is 135 Å². The molecular formula is C18H17N3S. The molecule has 0 heterocycles. The molecule has 3 nitrogen and oxygen atoms in total. The summed E-state index contributed by atoms with van der Waals surface area (Å²) in [5.74, 6) is 0. The predicted molar refractivity (Wildman–Crippen MR) is 95.6 cm³/mol. The molecule has 0 spiro atoms. The lowest BCUT2D eigenvalue weighted by molar-refractivity contribution is 0.937. The summed E-state index contributed by atoms with van der Waals surface area (Å²) in [4.78, 5) is 0. The highest BCUT2D eigenvalue weighted by atomic mass is 32.1. The van der Waals surface area contributed by atoms with E-state index in [9.17, 15) is 0 Å². The standard InChI is InChI=1S/C18H17N3S/c19-18(22)21-20-17-15(12-13-6-2-1-3-7-13)11-10-14-8-4-5-9-16(14)17/h1-9,12H,10-11H2,(H3,19,21,22)/b15-12+,20-17+. The van der Waals surface area contributed by atoms with Gasteiger partial charge in [-0.1, -0.05) is 54.6 Å². The number of aryl methyl sites for hydroxylation is 1. The molecule has 3 N–H and O–H groups in total. The number of fused-ring (bicyclic) bond motifs is 1. The lowest BCUT2D eigenvalue weighted by Gasteiger charge is -2.21. The van der Waals surface area contributed by atoms with Crippen LogP contribution in [-0.4, -0.2) is 10.8 Å². The van der Waals surface area contributed by atoms with E-state index in [0.29, 0.717) is 0 Å². The maximum absolute atomic E-state index is 5.52. The number of hydrogen-bond acceptors (Lipinski definition) is 2. The Bertz CT molecular complexity index is 748. The zero-order chi connectivity index (χ0) is 15.4. The minimum absolute atomic E-state index is 0.176. The van der Waals surface area contributed by atoms with Gasteiger partial charge in [-0.25, -0.2) is 0 Å². The number of hydrazone groups is 1. The van der Waals surface area contributed by atoms with Crippen LogP contribution in [-0.2, 0) is 6.42 Å². The van der Waals surface area contributed by atoms with E-state index in [1.807, 2.05) is 24.3 Å². The molecule has 0 radical (unpaired) electrons. The minimum Gasteiger partial charge on any atom is -0.375 e.